The van der Waals surface area contributed by atoms with E-state index in [1.807, 2.05) is 0 Å². The van der Waals surface area contributed by atoms with Crippen molar-refractivity contribution < 1.29 is 57.6 Å². The van der Waals surface area contributed by atoms with Gasteiger partial charge in [-0.05, 0) is 39.8 Å². The molecule has 4 N–H and O–H groups in total. The fraction of sp³-hybridized carbons (Fsp3) is 0.273. The quantitative estimate of drug-likeness (QED) is 0.0509. The number of phenols is 1. The first-order chi connectivity index (χ1) is 26.1. The largest absolute Gasteiger partial charge is 0.508 e. The summed E-state index contributed by atoms with van der Waals surface area (Å²) >= 11 is 2.30. The number of β-lactam (4-membered cyclic amide) rings is 1. The van der Waals surface area contributed by atoms with Crippen molar-refractivity contribution in [1.29, 1.82) is 0 Å². The van der Waals surface area contributed by atoms with E-state index < -0.39 is 63.8 Å². The Morgan fingerprint density at radius 2 is 1.76 bits per heavy atom. The van der Waals surface area contributed by atoms with Crippen LogP contribution >= 0.6 is 23.5 Å². The molecule has 1 saturated heterocycles. The van der Waals surface area contributed by atoms with Gasteiger partial charge in [0.2, 0.25) is 16.5 Å². The average Bonchev–Trinajstić information content (AvgIpc) is 3.55. The summed E-state index contributed by atoms with van der Waals surface area (Å²) in [6.45, 7) is 2.19. The number of carboxylic acids is 1. The number of fused-ring (bicyclic) bond motifs is 2. The van der Waals surface area contributed by atoms with Gasteiger partial charge in [0.05, 0.1) is 5.39 Å². The van der Waals surface area contributed by atoms with Crippen molar-refractivity contribution in [3.63, 3.8) is 0 Å². The molecule has 2 aliphatic rings. The van der Waals surface area contributed by atoms with Crippen LogP contribution in [0.1, 0.15) is 35.8 Å². The molecule has 0 saturated carbocycles. The monoisotopic (exact) mass is 795 g/mol. The van der Waals surface area contributed by atoms with E-state index >= 15 is 0 Å². The number of aryl methyl sites for hydroxylation is 1. The number of hydrogen-bond donors (Lipinski definition) is 4. The van der Waals surface area contributed by atoms with Crippen LogP contribution in [-0.2, 0) is 35.8 Å². The second-order valence-corrected chi connectivity index (χ2v) is 13.9. The molecule has 6 rings (SSSR count). The van der Waals surface area contributed by atoms with Crippen molar-refractivity contribution in [3.05, 3.63) is 75.3 Å². The van der Waals surface area contributed by atoms with Crippen LogP contribution < -0.4 is 25.5 Å². The van der Waals surface area contributed by atoms with Crippen LogP contribution in [0.2, 0.25) is 0 Å². The number of nitrogens with one attached hydrogen (secondary N) is 2. The van der Waals surface area contributed by atoms with Crippen LogP contribution in [0, 0.1) is 0 Å². The number of phenolic OH excluding ortho intramolecular Hbond substituents is 1. The predicted octanol–water partition coefficient (Wildman–Crippen LogP) is 0.849. The van der Waals surface area contributed by atoms with E-state index in [1.165, 1.54) is 40.7 Å². The summed E-state index contributed by atoms with van der Waals surface area (Å²) in [5.74, 6) is -6.38. The van der Waals surface area contributed by atoms with Gasteiger partial charge < -0.3 is 39.5 Å². The van der Waals surface area contributed by atoms with Gasteiger partial charge in [0, 0.05) is 45.6 Å². The lowest BCUT2D eigenvalue weighted by atomic mass is 9.96. The SMILES string of the molecule is CO[C@@]1(NC(=O)C(NC(=O)c2coc3cc(OC(C)=O)c(OC(C)=O)cc3c2=O)c2ccc(O)cc2)C(=O)N2C(C(=O)O)=C(CSc3nnnn3C)CS[C@H]21. The fourth-order valence-electron chi connectivity index (χ4n) is 5.74. The summed E-state index contributed by atoms with van der Waals surface area (Å²) < 4.78 is 22.6. The van der Waals surface area contributed by atoms with Crippen LogP contribution in [0.4, 0.5) is 0 Å². The lowest BCUT2D eigenvalue weighted by Crippen LogP contribution is -2.81. The molecule has 22 heteroatoms. The topological polar surface area (TPSA) is 272 Å². The molecule has 2 aromatic heterocycles. The van der Waals surface area contributed by atoms with Crippen LogP contribution in [0.25, 0.3) is 11.0 Å². The molecule has 4 heterocycles. The van der Waals surface area contributed by atoms with Gasteiger partial charge in [-0.1, -0.05) is 23.9 Å². The van der Waals surface area contributed by atoms with Gasteiger partial charge in [0.15, 0.2) is 11.5 Å². The molecule has 3 amide bonds. The van der Waals surface area contributed by atoms with E-state index in [4.69, 9.17) is 18.6 Å². The van der Waals surface area contributed by atoms with Gasteiger partial charge >= 0.3 is 17.9 Å². The van der Waals surface area contributed by atoms with Crippen LogP contribution in [0.3, 0.4) is 0 Å². The number of thioether (sulfide) groups is 2. The zero-order valence-corrected chi connectivity index (χ0v) is 30.7. The van der Waals surface area contributed by atoms with Gasteiger partial charge in [-0.15, -0.1) is 16.9 Å². The first-order valence-electron chi connectivity index (χ1n) is 15.8. The lowest BCUT2D eigenvalue weighted by molar-refractivity contribution is -0.192. The molecule has 0 spiro atoms. The normalized spacial score (nSPS) is 18.2. The fourth-order valence-corrected chi connectivity index (χ4v) is 8.17. The highest BCUT2D eigenvalue weighted by Crippen LogP contribution is 2.47. The van der Waals surface area contributed by atoms with Crippen molar-refractivity contribution >= 4 is 70.1 Å². The van der Waals surface area contributed by atoms with Gasteiger partial charge in [0.25, 0.3) is 17.5 Å². The Kier molecular flexibility index (Phi) is 10.7. The maximum absolute atomic E-state index is 14.1. The van der Waals surface area contributed by atoms with Crippen LogP contribution in [0.15, 0.2) is 68.3 Å². The number of aromatic hydroxyl groups is 1. The highest BCUT2D eigenvalue weighted by atomic mass is 32.2. The summed E-state index contributed by atoms with van der Waals surface area (Å²) in [4.78, 5) is 92.1. The Labute approximate surface area is 317 Å². The first kappa shape index (κ1) is 38.5. The second-order valence-electron chi connectivity index (χ2n) is 11.9. The average molecular weight is 796 g/mol. The maximum atomic E-state index is 14.1. The Bertz CT molecular complexity index is 2360. The third kappa shape index (κ3) is 7.33. The van der Waals surface area contributed by atoms with Gasteiger partial charge in [-0.2, -0.15) is 0 Å². The van der Waals surface area contributed by atoms with E-state index in [0.717, 1.165) is 56.0 Å². The number of amides is 3. The predicted molar refractivity (Wildman–Crippen MR) is 189 cm³/mol. The summed E-state index contributed by atoms with van der Waals surface area (Å²) in [6, 6.07) is 5.66. The second kappa shape index (κ2) is 15.2. The zero-order valence-electron chi connectivity index (χ0n) is 29.0. The number of carbonyl (C=O) groups is 6. The molecule has 55 heavy (non-hydrogen) atoms. The first-order valence-corrected chi connectivity index (χ1v) is 17.9. The Morgan fingerprint density at radius 1 is 1.09 bits per heavy atom. The number of tetrazole rings is 1. The molecule has 1 fully saturated rings. The molecule has 2 aromatic carbocycles. The number of carbonyl (C=O) groups excluding carboxylic acids is 5. The number of aliphatic carboxylic acids is 1. The molecule has 4 aromatic rings. The third-order valence-corrected chi connectivity index (χ3v) is 10.7. The smallest absolute Gasteiger partial charge is 0.352 e. The van der Waals surface area contributed by atoms with Crippen LogP contribution in [-0.4, -0.2) is 101 Å². The van der Waals surface area contributed by atoms with E-state index in [-0.39, 0.29) is 51.0 Å². The Morgan fingerprint density at radius 3 is 2.36 bits per heavy atom. The number of hydrogen-bond acceptors (Lipinski definition) is 17. The minimum atomic E-state index is -2.08. The van der Waals surface area contributed by atoms with Gasteiger partial charge in [-0.3, -0.25) is 33.7 Å². The number of nitrogens with zero attached hydrogens (tertiary/aromatic N) is 5. The van der Waals surface area contributed by atoms with E-state index in [1.54, 1.807) is 7.05 Å². The molecule has 1 unspecified atom stereocenters. The minimum Gasteiger partial charge on any atom is -0.508 e. The van der Waals surface area contributed by atoms with Crippen molar-refractivity contribution in [1.82, 2.24) is 35.7 Å². The Balaban J connectivity index is 1.29. The lowest BCUT2D eigenvalue weighted by Gasteiger charge is -2.56. The zero-order chi connectivity index (χ0) is 39.8. The molecule has 0 bridgehead atoms. The van der Waals surface area contributed by atoms with Gasteiger partial charge in [0.1, 0.15) is 40.3 Å². The van der Waals surface area contributed by atoms with Crippen molar-refractivity contribution in [3.8, 4) is 17.2 Å². The Hall–Kier alpha value is -6.26. The summed E-state index contributed by atoms with van der Waals surface area (Å²) in [5.41, 5.74) is -3.51. The number of aromatic nitrogens is 4. The maximum Gasteiger partial charge on any atom is 0.352 e. The third-order valence-electron chi connectivity index (χ3n) is 8.26. The number of ether oxygens (including phenoxy) is 3. The number of rotatable bonds is 12. The van der Waals surface area contributed by atoms with E-state index in [0.29, 0.717) is 10.7 Å². The molecule has 20 nitrogen and oxygen atoms in total. The molecule has 2 aliphatic heterocycles. The van der Waals surface area contributed by atoms with Crippen LogP contribution in [0.5, 0.6) is 17.2 Å². The van der Waals surface area contributed by atoms with Crippen molar-refractivity contribution in [2.45, 2.75) is 36.1 Å². The van der Waals surface area contributed by atoms with Gasteiger partial charge in [-0.25, -0.2) is 9.48 Å². The number of methoxy groups -OCH3 is 1. The number of esters is 2. The van der Waals surface area contributed by atoms with E-state index in [9.17, 15) is 43.8 Å². The highest BCUT2D eigenvalue weighted by Gasteiger charge is 2.67. The molecular formula is C33H29N7O13S2. The van der Waals surface area contributed by atoms with E-state index in [2.05, 4.69) is 26.2 Å². The number of benzene rings is 2. The van der Waals surface area contributed by atoms with Crippen molar-refractivity contribution in [2.24, 2.45) is 7.05 Å². The summed E-state index contributed by atoms with van der Waals surface area (Å²) in [7, 11) is 2.77. The highest BCUT2D eigenvalue weighted by molar-refractivity contribution is 8.01. The minimum absolute atomic E-state index is 0.104. The molecule has 286 valence electrons. The summed E-state index contributed by atoms with van der Waals surface area (Å²) in [6.07, 6.45) is 0.813. The molecular weight excluding hydrogens is 767 g/mol. The summed E-state index contributed by atoms with van der Waals surface area (Å²) in [5, 5.41) is 35.4. The standard InChI is InChI=1S/C33H29N7O13S2/c1-14(41)52-22-9-19-21(10-23(22)53-15(2)42)51-11-20(26(19)44)27(45)34-24(16-5-7-18(43)8-6-16)28(46)35-33(50-4)30(49)40-25(29(47)48)17(12-54-31(33)40)13-55-32-36-37-38-39(32)3/h5-11,24,31,43H,12-13H2,1-4H3,(H,34,45)(H,35,46)(H,47,48)/t24?,31-,33-/m0/s1. The van der Waals surface area contributed by atoms with Crippen molar-refractivity contribution in [2.75, 3.05) is 18.6 Å². The molecule has 3 atom stereocenters. The number of carboxylic acid groups (broad SMARTS) is 1. The molecule has 0 radical (unpaired) electrons. The molecule has 0 aliphatic carbocycles.